The van der Waals surface area contributed by atoms with E-state index in [0.29, 0.717) is 23.6 Å². The molecule has 152 valence electrons. The lowest BCUT2D eigenvalue weighted by Gasteiger charge is -2.34. The molecule has 31 heavy (non-hydrogen) atoms. The van der Waals surface area contributed by atoms with Crippen molar-refractivity contribution in [3.8, 4) is 23.3 Å². The number of aryl methyl sites for hydroxylation is 1. The van der Waals surface area contributed by atoms with Crippen molar-refractivity contribution in [2.45, 2.75) is 25.4 Å². The smallest absolute Gasteiger partial charge is 0.242 e. The van der Waals surface area contributed by atoms with E-state index in [2.05, 4.69) is 40.4 Å². The SMILES string of the molecule is Cc1ccc([C@@H](c2ccc(C#N)cc2)[C@H]2Cn3ccnc3-c3c(O)c(=O)cnn32)cc1. The van der Waals surface area contributed by atoms with Crippen LogP contribution in [-0.4, -0.2) is 24.4 Å². The van der Waals surface area contributed by atoms with E-state index in [0.717, 1.165) is 22.9 Å². The molecule has 0 radical (unpaired) electrons. The van der Waals surface area contributed by atoms with E-state index in [1.54, 1.807) is 23.0 Å². The zero-order chi connectivity index (χ0) is 21.5. The standard InChI is InChI=1S/C24H19N5O2/c1-15-2-6-17(7-3-15)21(18-8-4-16(12-25)5-9-18)19-14-28-11-10-26-24(28)22-23(31)20(30)13-27-29(19)22/h2-11,13,19,21,31H,14H2,1H3/t19-,21+/m1/s1. The maximum atomic E-state index is 12.2. The Morgan fingerprint density at radius 1 is 1.13 bits per heavy atom. The number of aromatic hydroxyl groups is 1. The zero-order valence-electron chi connectivity index (χ0n) is 16.8. The quantitative estimate of drug-likeness (QED) is 0.560. The number of nitriles is 1. The predicted molar refractivity (Wildman–Crippen MR) is 115 cm³/mol. The molecule has 7 heteroatoms. The van der Waals surface area contributed by atoms with Crippen LogP contribution in [0.3, 0.4) is 0 Å². The van der Waals surface area contributed by atoms with Crippen molar-refractivity contribution in [1.29, 1.82) is 5.26 Å². The molecule has 0 unspecified atom stereocenters. The molecule has 4 aromatic rings. The van der Waals surface area contributed by atoms with Gasteiger partial charge in [-0.25, -0.2) is 4.98 Å². The highest BCUT2D eigenvalue weighted by atomic mass is 16.3. The summed E-state index contributed by atoms with van der Waals surface area (Å²) in [6.07, 6.45) is 4.64. The maximum Gasteiger partial charge on any atom is 0.242 e. The van der Waals surface area contributed by atoms with Crippen LogP contribution in [0.15, 0.2) is 71.9 Å². The lowest BCUT2D eigenvalue weighted by molar-refractivity contribution is 0.331. The van der Waals surface area contributed by atoms with Crippen LogP contribution in [0, 0.1) is 18.3 Å². The fourth-order valence-corrected chi connectivity index (χ4v) is 4.29. The Labute approximate surface area is 178 Å². The number of imidazole rings is 1. The van der Waals surface area contributed by atoms with Crippen molar-refractivity contribution in [3.05, 3.63) is 99.6 Å². The number of hydrogen-bond acceptors (Lipinski definition) is 5. The van der Waals surface area contributed by atoms with E-state index < -0.39 is 5.43 Å². The number of rotatable bonds is 3. The van der Waals surface area contributed by atoms with Gasteiger partial charge in [0.15, 0.2) is 11.6 Å². The normalized spacial score (nSPS) is 15.5. The van der Waals surface area contributed by atoms with E-state index in [1.165, 1.54) is 0 Å². The molecular weight excluding hydrogens is 390 g/mol. The molecule has 2 atom stereocenters. The molecule has 1 N–H and O–H groups in total. The van der Waals surface area contributed by atoms with Crippen LogP contribution in [0.5, 0.6) is 5.75 Å². The third-order valence-electron chi connectivity index (χ3n) is 5.83. The van der Waals surface area contributed by atoms with Crippen molar-refractivity contribution in [1.82, 2.24) is 19.3 Å². The van der Waals surface area contributed by atoms with Gasteiger partial charge in [0.25, 0.3) is 0 Å². The first kappa shape index (κ1) is 18.8. The summed E-state index contributed by atoms with van der Waals surface area (Å²) in [5, 5.41) is 24.2. The minimum Gasteiger partial charge on any atom is -0.503 e. The summed E-state index contributed by atoms with van der Waals surface area (Å²) in [7, 11) is 0. The van der Waals surface area contributed by atoms with Crippen LogP contribution in [0.4, 0.5) is 0 Å². The molecule has 0 aliphatic carbocycles. The van der Waals surface area contributed by atoms with E-state index in [4.69, 9.17) is 0 Å². The second kappa shape index (κ2) is 7.26. The first-order chi connectivity index (χ1) is 15.1. The van der Waals surface area contributed by atoms with E-state index in [-0.39, 0.29) is 17.7 Å². The Hall–Kier alpha value is -4.18. The van der Waals surface area contributed by atoms with Crippen LogP contribution in [-0.2, 0) is 6.54 Å². The highest BCUT2D eigenvalue weighted by Crippen LogP contribution is 2.42. The molecule has 0 bridgehead atoms. The van der Waals surface area contributed by atoms with Gasteiger partial charge in [0.05, 0.1) is 23.9 Å². The van der Waals surface area contributed by atoms with E-state index in [1.807, 2.05) is 29.8 Å². The van der Waals surface area contributed by atoms with E-state index in [9.17, 15) is 15.2 Å². The summed E-state index contributed by atoms with van der Waals surface area (Å²) in [5.41, 5.74) is 3.62. The van der Waals surface area contributed by atoms with Gasteiger partial charge in [-0.2, -0.15) is 10.4 Å². The average molecular weight is 409 g/mol. The van der Waals surface area contributed by atoms with Crippen LogP contribution in [0.1, 0.15) is 34.2 Å². The van der Waals surface area contributed by atoms with Gasteiger partial charge >= 0.3 is 0 Å². The van der Waals surface area contributed by atoms with Gasteiger partial charge < -0.3 is 9.67 Å². The number of benzene rings is 2. The molecule has 2 aromatic carbocycles. The highest BCUT2D eigenvalue weighted by molar-refractivity contribution is 5.60. The average Bonchev–Trinajstić information content (AvgIpc) is 3.26. The second-order valence-corrected chi connectivity index (χ2v) is 7.74. The van der Waals surface area contributed by atoms with Crippen molar-refractivity contribution in [2.75, 3.05) is 0 Å². The van der Waals surface area contributed by atoms with Crippen LogP contribution >= 0.6 is 0 Å². The van der Waals surface area contributed by atoms with Crippen LogP contribution in [0.25, 0.3) is 11.5 Å². The zero-order valence-corrected chi connectivity index (χ0v) is 16.8. The summed E-state index contributed by atoms with van der Waals surface area (Å²) >= 11 is 0. The van der Waals surface area contributed by atoms with Crippen molar-refractivity contribution in [2.24, 2.45) is 0 Å². The number of aromatic nitrogens is 4. The number of fused-ring (bicyclic) bond motifs is 3. The lowest BCUT2D eigenvalue weighted by atomic mass is 9.83. The molecule has 0 saturated carbocycles. The van der Waals surface area contributed by atoms with Crippen molar-refractivity contribution in [3.63, 3.8) is 0 Å². The first-order valence-corrected chi connectivity index (χ1v) is 9.95. The summed E-state index contributed by atoms with van der Waals surface area (Å²) in [6, 6.07) is 17.8. The van der Waals surface area contributed by atoms with Gasteiger partial charge in [-0.05, 0) is 30.2 Å². The molecule has 0 amide bonds. The third-order valence-corrected chi connectivity index (χ3v) is 5.83. The van der Waals surface area contributed by atoms with Gasteiger partial charge in [-0.3, -0.25) is 9.48 Å². The maximum absolute atomic E-state index is 12.2. The Bertz CT molecular complexity index is 1360. The van der Waals surface area contributed by atoms with Crippen molar-refractivity contribution >= 4 is 0 Å². The molecule has 0 spiro atoms. The van der Waals surface area contributed by atoms with Gasteiger partial charge in [0.1, 0.15) is 5.69 Å². The molecule has 2 aromatic heterocycles. The van der Waals surface area contributed by atoms with Crippen LogP contribution < -0.4 is 5.43 Å². The molecular formula is C24H19N5O2. The third kappa shape index (κ3) is 3.09. The number of nitrogens with zero attached hydrogens (tertiary/aromatic N) is 5. The molecule has 1 aliphatic heterocycles. The van der Waals surface area contributed by atoms with Gasteiger partial charge in [0, 0.05) is 24.9 Å². The topological polar surface area (TPSA) is 96.7 Å². The van der Waals surface area contributed by atoms with E-state index >= 15 is 0 Å². The lowest BCUT2D eigenvalue weighted by Crippen LogP contribution is -2.32. The van der Waals surface area contributed by atoms with Crippen molar-refractivity contribution < 1.29 is 5.11 Å². The minimum atomic E-state index is -0.535. The Morgan fingerprint density at radius 3 is 2.48 bits per heavy atom. The van der Waals surface area contributed by atoms with Gasteiger partial charge in [-0.15, -0.1) is 0 Å². The minimum absolute atomic E-state index is 0.128. The molecule has 0 fully saturated rings. The summed E-state index contributed by atoms with van der Waals surface area (Å²) in [6.45, 7) is 2.61. The highest BCUT2D eigenvalue weighted by Gasteiger charge is 2.35. The van der Waals surface area contributed by atoms with Gasteiger partial charge in [-0.1, -0.05) is 42.0 Å². The largest absolute Gasteiger partial charge is 0.503 e. The Kier molecular flexibility index (Phi) is 4.41. The first-order valence-electron chi connectivity index (χ1n) is 9.95. The molecule has 0 saturated heterocycles. The number of hydrogen-bond donors (Lipinski definition) is 1. The molecule has 7 nitrogen and oxygen atoms in total. The summed E-state index contributed by atoms with van der Waals surface area (Å²) in [5.74, 6) is 0.0353. The fraction of sp³-hybridized carbons (Fsp3) is 0.167. The summed E-state index contributed by atoms with van der Waals surface area (Å²) in [4.78, 5) is 16.5. The molecule has 5 rings (SSSR count). The Morgan fingerprint density at radius 2 is 1.81 bits per heavy atom. The van der Waals surface area contributed by atoms with Gasteiger partial charge in [0.2, 0.25) is 5.43 Å². The molecule has 1 aliphatic rings. The summed E-state index contributed by atoms with van der Waals surface area (Å²) < 4.78 is 3.65. The monoisotopic (exact) mass is 409 g/mol. The van der Waals surface area contributed by atoms with Crippen LogP contribution in [0.2, 0.25) is 0 Å². The second-order valence-electron chi connectivity index (χ2n) is 7.74. The Balaban J connectivity index is 1.73. The molecule has 3 heterocycles. The predicted octanol–water partition coefficient (Wildman–Crippen LogP) is 3.38. The fourth-order valence-electron chi connectivity index (χ4n) is 4.29.